The van der Waals surface area contributed by atoms with E-state index in [2.05, 4.69) is 15.1 Å². The van der Waals surface area contributed by atoms with Crippen LogP contribution >= 0.6 is 0 Å². The summed E-state index contributed by atoms with van der Waals surface area (Å²) in [6, 6.07) is 12.2. The average Bonchev–Trinajstić information content (AvgIpc) is 3.16. The Kier molecular flexibility index (Phi) is 4.56. The largest absolute Gasteiger partial charge is 0.497 e. The summed E-state index contributed by atoms with van der Waals surface area (Å²) in [5, 5.41) is 18.4. The van der Waals surface area contributed by atoms with Crippen LogP contribution in [0.25, 0.3) is 10.9 Å². The summed E-state index contributed by atoms with van der Waals surface area (Å²) in [4.78, 5) is 27.4. The number of aromatic amines is 1. The van der Waals surface area contributed by atoms with Crippen molar-refractivity contribution in [3.05, 3.63) is 58.3 Å². The Labute approximate surface area is 160 Å². The lowest BCUT2D eigenvalue weighted by atomic mass is 10.1. The van der Waals surface area contributed by atoms with Crippen molar-refractivity contribution < 1.29 is 14.5 Å². The maximum Gasteiger partial charge on any atom is 0.275 e. The summed E-state index contributed by atoms with van der Waals surface area (Å²) in [7, 11) is 1.63. The van der Waals surface area contributed by atoms with Crippen LogP contribution in [0, 0.1) is 10.1 Å². The van der Waals surface area contributed by atoms with Crippen molar-refractivity contribution in [3.8, 4) is 5.75 Å². The fourth-order valence-corrected chi connectivity index (χ4v) is 3.39. The fourth-order valence-electron chi connectivity index (χ4n) is 3.39. The summed E-state index contributed by atoms with van der Waals surface area (Å²) in [6.45, 7) is 2.49. The van der Waals surface area contributed by atoms with Gasteiger partial charge in [0.2, 0.25) is 0 Å². The van der Waals surface area contributed by atoms with E-state index in [1.165, 1.54) is 12.1 Å². The SMILES string of the molecule is COc1ccc(N2CCN(C(=O)c3n[nH]c4ccc([N+](=O)[O-])cc34)CC2)cc1. The first kappa shape index (κ1) is 17.8. The Morgan fingerprint density at radius 2 is 1.86 bits per heavy atom. The molecular weight excluding hydrogens is 362 g/mol. The van der Waals surface area contributed by atoms with E-state index in [1.54, 1.807) is 18.1 Å². The van der Waals surface area contributed by atoms with E-state index in [4.69, 9.17) is 4.74 Å². The minimum Gasteiger partial charge on any atom is -0.497 e. The van der Waals surface area contributed by atoms with Crippen LogP contribution in [0.15, 0.2) is 42.5 Å². The fraction of sp³-hybridized carbons (Fsp3) is 0.263. The number of carbonyl (C=O) groups is 1. The van der Waals surface area contributed by atoms with Crippen LogP contribution in [0.1, 0.15) is 10.5 Å². The lowest BCUT2D eigenvalue weighted by molar-refractivity contribution is -0.384. The molecule has 3 aromatic rings. The summed E-state index contributed by atoms with van der Waals surface area (Å²) < 4.78 is 5.18. The topological polar surface area (TPSA) is 105 Å². The summed E-state index contributed by atoms with van der Waals surface area (Å²) >= 11 is 0. The number of nitro groups is 1. The van der Waals surface area contributed by atoms with E-state index >= 15 is 0 Å². The van der Waals surface area contributed by atoms with Crippen molar-refractivity contribution in [1.29, 1.82) is 0 Å². The molecule has 1 amide bonds. The third kappa shape index (κ3) is 3.22. The Morgan fingerprint density at radius 1 is 1.14 bits per heavy atom. The van der Waals surface area contributed by atoms with Crippen molar-refractivity contribution in [1.82, 2.24) is 15.1 Å². The number of fused-ring (bicyclic) bond motifs is 1. The molecule has 0 unspecified atom stereocenters. The number of carbonyl (C=O) groups excluding carboxylic acids is 1. The molecule has 0 atom stereocenters. The predicted molar refractivity (Wildman–Crippen MR) is 104 cm³/mol. The molecule has 2 heterocycles. The molecule has 2 aromatic carbocycles. The molecule has 1 N–H and O–H groups in total. The van der Waals surface area contributed by atoms with Gasteiger partial charge in [-0.3, -0.25) is 20.0 Å². The second-order valence-corrected chi connectivity index (χ2v) is 6.54. The molecule has 1 aromatic heterocycles. The Hall–Kier alpha value is -3.62. The van der Waals surface area contributed by atoms with Gasteiger partial charge in [-0.15, -0.1) is 0 Å². The number of hydrogen-bond acceptors (Lipinski definition) is 6. The number of H-pyrrole nitrogens is 1. The third-order valence-corrected chi connectivity index (χ3v) is 4.96. The van der Waals surface area contributed by atoms with Crippen LogP contribution in [0.3, 0.4) is 0 Å². The molecule has 9 nitrogen and oxygen atoms in total. The summed E-state index contributed by atoms with van der Waals surface area (Å²) in [5.74, 6) is 0.582. The van der Waals surface area contributed by atoms with Crippen LogP contribution in [0.5, 0.6) is 5.75 Å². The number of ether oxygens (including phenoxy) is 1. The van der Waals surface area contributed by atoms with Crippen molar-refractivity contribution in [2.75, 3.05) is 38.2 Å². The minimum atomic E-state index is -0.478. The average molecular weight is 381 g/mol. The molecule has 28 heavy (non-hydrogen) atoms. The van der Waals surface area contributed by atoms with Gasteiger partial charge in [0.25, 0.3) is 11.6 Å². The van der Waals surface area contributed by atoms with Crippen molar-refractivity contribution in [2.24, 2.45) is 0 Å². The molecule has 9 heteroatoms. The number of nitro benzene ring substituents is 1. The monoisotopic (exact) mass is 381 g/mol. The zero-order valence-corrected chi connectivity index (χ0v) is 15.3. The van der Waals surface area contributed by atoms with Gasteiger partial charge in [0.15, 0.2) is 5.69 Å². The highest BCUT2D eigenvalue weighted by Crippen LogP contribution is 2.24. The van der Waals surface area contributed by atoms with Gasteiger partial charge >= 0.3 is 0 Å². The molecule has 144 valence electrons. The molecule has 1 aliphatic rings. The number of rotatable bonds is 4. The molecule has 0 saturated carbocycles. The van der Waals surface area contributed by atoms with Gasteiger partial charge in [0.1, 0.15) is 5.75 Å². The molecular formula is C19H19N5O4. The highest BCUT2D eigenvalue weighted by Gasteiger charge is 2.26. The van der Waals surface area contributed by atoms with Gasteiger partial charge in [0.05, 0.1) is 17.5 Å². The van der Waals surface area contributed by atoms with Crippen molar-refractivity contribution in [2.45, 2.75) is 0 Å². The third-order valence-electron chi connectivity index (χ3n) is 4.96. The van der Waals surface area contributed by atoms with Crippen LogP contribution in [-0.2, 0) is 0 Å². The van der Waals surface area contributed by atoms with Crippen LogP contribution < -0.4 is 9.64 Å². The number of nitrogens with one attached hydrogen (secondary N) is 1. The van der Waals surface area contributed by atoms with Gasteiger partial charge in [0, 0.05) is 49.4 Å². The normalized spacial score (nSPS) is 14.3. The van der Waals surface area contributed by atoms with Gasteiger partial charge in [-0.05, 0) is 30.3 Å². The molecule has 0 bridgehead atoms. The lowest BCUT2D eigenvalue weighted by Gasteiger charge is -2.35. The Morgan fingerprint density at radius 3 is 2.50 bits per heavy atom. The first-order valence-corrected chi connectivity index (χ1v) is 8.87. The van der Waals surface area contributed by atoms with Crippen LogP contribution in [0.2, 0.25) is 0 Å². The number of non-ortho nitro benzene ring substituents is 1. The second kappa shape index (κ2) is 7.18. The Bertz CT molecular complexity index is 1020. The number of hydrogen-bond donors (Lipinski definition) is 1. The van der Waals surface area contributed by atoms with Gasteiger partial charge in [-0.25, -0.2) is 0 Å². The van der Waals surface area contributed by atoms with E-state index in [0.717, 1.165) is 11.4 Å². The highest BCUT2D eigenvalue weighted by atomic mass is 16.6. The summed E-state index contributed by atoms with van der Waals surface area (Å²) in [6.07, 6.45) is 0. The number of methoxy groups -OCH3 is 1. The predicted octanol–water partition coefficient (Wildman–Crippen LogP) is 2.44. The van der Waals surface area contributed by atoms with Gasteiger partial charge in [-0.2, -0.15) is 5.10 Å². The van der Waals surface area contributed by atoms with E-state index in [-0.39, 0.29) is 17.3 Å². The zero-order valence-electron chi connectivity index (χ0n) is 15.3. The van der Waals surface area contributed by atoms with Gasteiger partial charge < -0.3 is 14.5 Å². The number of nitrogens with zero attached hydrogens (tertiary/aromatic N) is 4. The van der Waals surface area contributed by atoms with Gasteiger partial charge in [-0.1, -0.05) is 0 Å². The first-order valence-electron chi connectivity index (χ1n) is 8.87. The van der Waals surface area contributed by atoms with Crippen LogP contribution in [-0.4, -0.2) is 59.2 Å². The lowest BCUT2D eigenvalue weighted by Crippen LogP contribution is -2.48. The number of aromatic nitrogens is 2. The van der Waals surface area contributed by atoms with Crippen molar-refractivity contribution >= 4 is 28.2 Å². The number of anilines is 1. The smallest absolute Gasteiger partial charge is 0.275 e. The molecule has 0 spiro atoms. The highest BCUT2D eigenvalue weighted by molar-refractivity contribution is 6.05. The maximum atomic E-state index is 12.9. The number of piperazine rings is 1. The minimum absolute atomic E-state index is 0.0627. The van der Waals surface area contributed by atoms with E-state index in [0.29, 0.717) is 37.1 Å². The quantitative estimate of drug-likeness (QED) is 0.550. The van der Waals surface area contributed by atoms with E-state index < -0.39 is 4.92 Å². The molecule has 0 radical (unpaired) electrons. The summed E-state index contributed by atoms with van der Waals surface area (Å²) in [5.41, 5.74) is 1.84. The molecule has 1 aliphatic heterocycles. The molecule has 1 saturated heterocycles. The second-order valence-electron chi connectivity index (χ2n) is 6.54. The molecule has 1 fully saturated rings. The zero-order chi connectivity index (χ0) is 19.7. The number of amides is 1. The maximum absolute atomic E-state index is 12.9. The van der Waals surface area contributed by atoms with Crippen molar-refractivity contribution in [3.63, 3.8) is 0 Å². The van der Waals surface area contributed by atoms with Crippen LogP contribution in [0.4, 0.5) is 11.4 Å². The Balaban J connectivity index is 1.48. The first-order chi connectivity index (χ1) is 13.6. The molecule has 4 rings (SSSR count). The van der Waals surface area contributed by atoms with E-state index in [9.17, 15) is 14.9 Å². The standard InChI is InChI=1S/C19H19N5O4/c1-28-15-5-2-13(3-6-15)22-8-10-23(11-9-22)19(25)18-16-12-14(24(26)27)4-7-17(16)20-21-18/h2-7,12H,8-11H2,1H3,(H,20,21). The molecule has 0 aliphatic carbocycles. The van der Waals surface area contributed by atoms with E-state index in [1.807, 2.05) is 24.3 Å². The number of benzene rings is 2.